The second-order valence-corrected chi connectivity index (χ2v) is 5.42. The van der Waals surface area contributed by atoms with Gasteiger partial charge in [-0.1, -0.05) is 17.7 Å². The summed E-state index contributed by atoms with van der Waals surface area (Å²) in [5.41, 5.74) is 5.65. The lowest BCUT2D eigenvalue weighted by Crippen LogP contribution is -2.51. The summed E-state index contributed by atoms with van der Waals surface area (Å²) < 4.78 is 0. The average molecular weight is 243 g/mol. The van der Waals surface area contributed by atoms with Gasteiger partial charge in [-0.15, -0.1) is 0 Å². The lowest BCUT2D eigenvalue weighted by Gasteiger charge is -2.39. The highest BCUT2D eigenvalue weighted by Crippen LogP contribution is 2.33. The third-order valence-corrected chi connectivity index (χ3v) is 3.33. The molecule has 0 amide bonds. The van der Waals surface area contributed by atoms with Gasteiger partial charge in [-0.05, 0) is 39.8 Å². The SMILES string of the molecule is CC(C)(O)C(C)(C)Nc1c(N)cccc1Cl. The summed E-state index contributed by atoms with van der Waals surface area (Å²) in [6.07, 6.45) is 0. The van der Waals surface area contributed by atoms with Crippen LogP contribution in [-0.2, 0) is 0 Å². The van der Waals surface area contributed by atoms with E-state index >= 15 is 0 Å². The van der Waals surface area contributed by atoms with Crippen LogP contribution < -0.4 is 11.1 Å². The number of aliphatic hydroxyl groups is 1. The van der Waals surface area contributed by atoms with Gasteiger partial charge < -0.3 is 16.2 Å². The van der Waals surface area contributed by atoms with Crippen LogP contribution in [0, 0.1) is 0 Å². The highest BCUT2D eigenvalue weighted by Gasteiger charge is 2.35. The molecule has 0 heterocycles. The molecular formula is C12H19ClN2O. The minimum atomic E-state index is -0.890. The van der Waals surface area contributed by atoms with Crippen molar-refractivity contribution in [1.29, 1.82) is 0 Å². The lowest BCUT2D eigenvalue weighted by atomic mass is 9.85. The summed E-state index contributed by atoms with van der Waals surface area (Å²) >= 11 is 6.06. The fourth-order valence-corrected chi connectivity index (χ4v) is 1.37. The van der Waals surface area contributed by atoms with Gasteiger partial charge in [-0.25, -0.2) is 0 Å². The molecule has 0 aliphatic rings. The first-order valence-electron chi connectivity index (χ1n) is 5.20. The van der Waals surface area contributed by atoms with E-state index in [2.05, 4.69) is 5.32 Å². The summed E-state index contributed by atoms with van der Waals surface area (Å²) in [6, 6.07) is 5.33. The normalized spacial score (nSPS) is 12.6. The zero-order valence-corrected chi connectivity index (χ0v) is 10.9. The molecule has 0 bridgehead atoms. The Labute approximate surface area is 102 Å². The number of hydrogen-bond donors (Lipinski definition) is 3. The Morgan fingerprint density at radius 1 is 1.25 bits per heavy atom. The van der Waals surface area contributed by atoms with Crippen LogP contribution in [0.1, 0.15) is 27.7 Å². The highest BCUT2D eigenvalue weighted by molar-refractivity contribution is 6.33. The molecule has 1 aromatic rings. The van der Waals surface area contributed by atoms with Crippen molar-refractivity contribution in [2.75, 3.05) is 11.1 Å². The van der Waals surface area contributed by atoms with E-state index in [4.69, 9.17) is 17.3 Å². The molecule has 0 unspecified atom stereocenters. The summed E-state index contributed by atoms with van der Waals surface area (Å²) in [5, 5.41) is 13.8. The second-order valence-electron chi connectivity index (χ2n) is 5.01. The molecule has 0 aromatic heterocycles. The van der Waals surface area contributed by atoms with Crippen LogP contribution in [0.15, 0.2) is 18.2 Å². The monoisotopic (exact) mass is 242 g/mol. The molecule has 0 aliphatic heterocycles. The first-order chi connectivity index (χ1) is 7.15. The Morgan fingerprint density at radius 2 is 1.81 bits per heavy atom. The minimum Gasteiger partial charge on any atom is -0.397 e. The van der Waals surface area contributed by atoms with E-state index in [1.165, 1.54) is 0 Å². The molecule has 4 N–H and O–H groups in total. The quantitative estimate of drug-likeness (QED) is 0.715. The smallest absolute Gasteiger partial charge is 0.0814 e. The Hall–Kier alpha value is -0.930. The molecule has 0 spiro atoms. The fraction of sp³-hybridized carbons (Fsp3) is 0.500. The minimum absolute atomic E-state index is 0.536. The molecule has 4 heteroatoms. The van der Waals surface area contributed by atoms with Gasteiger partial charge in [0.25, 0.3) is 0 Å². The van der Waals surface area contributed by atoms with Crippen molar-refractivity contribution in [2.24, 2.45) is 0 Å². The molecule has 0 aliphatic carbocycles. The van der Waals surface area contributed by atoms with Crippen LogP contribution >= 0.6 is 11.6 Å². The van der Waals surface area contributed by atoms with Crippen LogP contribution in [-0.4, -0.2) is 16.2 Å². The van der Waals surface area contributed by atoms with Crippen LogP contribution in [0.5, 0.6) is 0 Å². The number of nitrogens with two attached hydrogens (primary N) is 1. The third-order valence-electron chi connectivity index (χ3n) is 3.01. The van der Waals surface area contributed by atoms with Gasteiger partial charge in [0.05, 0.1) is 27.5 Å². The van der Waals surface area contributed by atoms with Gasteiger partial charge in [0, 0.05) is 0 Å². The van der Waals surface area contributed by atoms with Crippen molar-refractivity contribution in [3.05, 3.63) is 23.2 Å². The number of benzene rings is 1. The molecule has 90 valence electrons. The number of nitrogen functional groups attached to an aromatic ring is 1. The number of rotatable bonds is 3. The summed E-state index contributed by atoms with van der Waals surface area (Å²) in [4.78, 5) is 0. The number of para-hydroxylation sites is 1. The van der Waals surface area contributed by atoms with Gasteiger partial charge in [0.1, 0.15) is 0 Å². The Morgan fingerprint density at radius 3 is 2.25 bits per heavy atom. The molecule has 1 rings (SSSR count). The molecule has 3 nitrogen and oxygen atoms in total. The first-order valence-corrected chi connectivity index (χ1v) is 5.57. The predicted octanol–water partition coefficient (Wildman–Crippen LogP) is 2.88. The largest absolute Gasteiger partial charge is 0.397 e. The second kappa shape index (κ2) is 4.15. The fourth-order valence-electron chi connectivity index (χ4n) is 1.14. The van der Waals surface area contributed by atoms with Crippen molar-refractivity contribution >= 4 is 23.0 Å². The molecule has 1 aromatic carbocycles. The van der Waals surface area contributed by atoms with Gasteiger partial charge in [0.2, 0.25) is 0 Å². The maximum absolute atomic E-state index is 10.0. The molecule has 0 saturated carbocycles. The summed E-state index contributed by atoms with van der Waals surface area (Å²) in [5.74, 6) is 0. The van der Waals surface area contributed by atoms with Gasteiger partial charge >= 0.3 is 0 Å². The maximum Gasteiger partial charge on any atom is 0.0814 e. The van der Waals surface area contributed by atoms with Crippen molar-refractivity contribution in [2.45, 2.75) is 38.8 Å². The maximum atomic E-state index is 10.0. The predicted molar refractivity (Wildman–Crippen MR) is 69.9 cm³/mol. The summed E-state index contributed by atoms with van der Waals surface area (Å²) in [7, 11) is 0. The van der Waals surface area contributed by atoms with E-state index in [-0.39, 0.29) is 0 Å². The van der Waals surface area contributed by atoms with E-state index in [9.17, 15) is 5.11 Å². The highest BCUT2D eigenvalue weighted by atomic mass is 35.5. The molecular weight excluding hydrogens is 224 g/mol. The Kier molecular flexibility index (Phi) is 3.41. The molecule has 0 saturated heterocycles. The number of nitrogens with one attached hydrogen (secondary N) is 1. The third kappa shape index (κ3) is 2.60. The topological polar surface area (TPSA) is 58.3 Å². The van der Waals surface area contributed by atoms with Crippen molar-refractivity contribution in [3.8, 4) is 0 Å². The number of anilines is 2. The Bertz CT molecular complexity index is 363. The van der Waals surface area contributed by atoms with E-state index < -0.39 is 11.1 Å². The van der Waals surface area contributed by atoms with E-state index in [1.54, 1.807) is 32.0 Å². The van der Waals surface area contributed by atoms with Gasteiger partial charge in [0.15, 0.2) is 0 Å². The van der Waals surface area contributed by atoms with Crippen LogP contribution in [0.3, 0.4) is 0 Å². The van der Waals surface area contributed by atoms with Crippen molar-refractivity contribution < 1.29 is 5.11 Å². The van der Waals surface area contributed by atoms with Crippen molar-refractivity contribution in [3.63, 3.8) is 0 Å². The van der Waals surface area contributed by atoms with Crippen LogP contribution in [0.4, 0.5) is 11.4 Å². The standard InChI is InChI=1S/C12H19ClN2O/c1-11(2,12(3,4)16)15-10-8(13)6-5-7-9(10)14/h5-7,15-16H,14H2,1-4H3. The lowest BCUT2D eigenvalue weighted by molar-refractivity contribution is 0.0241. The van der Waals surface area contributed by atoms with E-state index in [0.717, 1.165) is 0 Å². The zero-order chi connectivity index (χ0) is 12.6. The number of hydrogen-bond acceptors (Lipinski definition) is 3. The Balaban J connectivity index is 3.06. The molecule has 16 heavy (non-hydrogen) atoms. The average Bonchev–Trinajstić information content (AvgIpc) is 2.10. The van der Waals surface area contributed by atoms with Gasteiger partial charge in [-0.3, -0.25) is 0 Å². The number of halogens is 1. The molecule has 0 atom stereocenters. The zero-order valence-electron chi connectivity index (χ0n) is 10.1. The van der Waals surface area contributed by atoms with Crippen LogP contribution in [0.2, 0.25) is 5.02 Å². The van der Waals surface area contributed by atoms with Crippen LogP contribution in [0.25, 0.3) is 0 Å². The van der Waals surface area contributed by atoms with E-state index in [1.807, 2.05) is 13.8 Å². The molecule has 0 radical (unpaired) electrons. The first kappa shape index (κ1) is 13.1. The summed E-state index contributed by atoms with van der Waals surface area (Å²) in [6.45, 7) is 7.28. The molecule has 0 fully saturated rings. The van der Waals surface area contributed by atoms with Gasteiger partial charge in [-0.2, -0.15) is 0 Å². The van der Waals surface area contributed by atoms with E-state index in [0.29, 0.717) is 16.4 Å². The van der Waals surface area contributed by atoms with Crippen molar-refractivity contribution in [1.82, 2.24) is 0 Å².